The second-order valence-electron chi connectivity index (χ2n) is 5.67. The van der Waals surface area contributed by atoms with E-state index in [9.17, 15) is 5.11 Å². The van der Waals surface area contributed by atoms with Gasteiger partial charge in [0.05, 0.1) is 0 Å². The van der Waals surface area contributed by atoms with E-state index < -0.39 is 0 Å². The van der Waals surface area contributed by atoms with Gasteiger partial charge in [-0.05, 0) is 54.4 Å². The average molecular weight is 217 g/mol. The van der Waals surface area contributed by atoms with Crippen LogP contribution in [0.5, 0.6) is 5.75 Å². The molecule has 1 atom stereocenters. The number of phenolic OH excluding ortho intramolecular Hbond substituents is 1. The summed E-state index contributed by atoms with van der Waals surface area (Å²) in [6.45, 7) is 3.49. The van der Waals surface area contributed by atoms with E-state index >= 15 is 0 Å². The second kappa shape index (κ2) is 3.49. The first-order valence-electron chi connectivity index (χ1n) is 6.22. The molecule has 3 rings (SSSR count). The van der Waals surface area contributed by atoms with Crippen molar-refractivity contribution in [1.29, 1.82) is 0 Å². The first kappa shape index (κ1) is 10.2. The van der Waals surface area contributed by atoms with Crippen molar-refractivity contribution in [1.82, 2.24) is 5.32 Å². The summed E-state index contributed by atoms with van der Waals surface area (Å²) < 4.78 is 0. The van der Waals surface area contributed by atoms with E-state index in [1.165, 1.54) is 30.4 Å². The molecule has 0 aliphatic heterocycles. The van der Waals surface area contributed by atoms with Crippen LogP contribution in [0.4, 0.5) is 0 Å². The van der Waals surface area contributed by atoms with Gasteiger partial charge >= 0.3 is 0 Å². The van der Waals surface area contributed by atoms with Crippen LogP contribution < -0.4 is 5.32 Å². The minimum absolute atomic E-state index is 0.397. The van der Waals surface area contributed by atoms with Crippen molar-refractivity contribution in [3.05, 3.63) is 29.3 Å². The molecule has 0 saturated heterocycles. The SMILES string of the molecule is CC1(CNC2CCc3cc(O)ccc32)CC1. The third-order valence-electron chi connectivity index (χ3n) is 4.08. The Balaban J connectivity index is 1.71. The van der Waals surface area contributed by atoms with Crippen LogP contribution in [0.2, 0.25) is 0 Å². The molecule has 2 N–H and O–H groups in total. The maximum Gasteiger partial charge on any atom is 0.115 e. The molecule has 2 aliphatic carbocycles. The molecule has 2 nitrogen and oxygen atoms in total. The highest BCUT2D eigenvalue weighted by molar-refractivity contribution is 5.40. The summed E-state index contributed by atoms with van der Waals surface area (Å²) in [4.78, 5) is 0. The zero-order chi connectivity index (χ0) is 11.2. The third kappa shape index (κ3) is 1.82. The fourth-order valence-electron chi connectivity index (χ4n) is 2.58. The first-order chi connectivity index (χ1) is 7.66. The van der Waals surface area contributed by atoms with Crippen LogP contribution in [0.1, 0.15) is 43.4 Å². The number of fused-ring (bicyclic) bond motifs is 1. The van der Waals surface area contributed by atoms with E-state index in [-0.39, 0.29) is 0 Å². The Bertz CT molecular complexity index is 409. The molecular formula is C14H19NO. The van der Waals surface area contributed by atoms with Crippen LogP contribution in [0.25, 0.3) is 0 Å². The molecule has 0 bridgehead atoms. The topological polar surface area (TPSA) is 32.3 Å². The Morgan fingerprint density at radius 3 is 3.00 bits per heavy atom. The van der Waals surface area contributed by atoms with Crippen molar-refractivity contribution < 1.29 is 5.11 Å². The summed E-state index contributed by atoms with van der Waals surface area (Å²) in [5.41, 5.74) is 3.28. The van der Waals surface area contributed by atoms with Crippen molar-refractivity contribution in [2.24, 2.45) is 5.41 Å². The third-order valence-corrected chi connectivity index (χ3v) is 4.08. The van der Waals surface area contributed by atoms with Crippen LogP contribution in [0.15, 0.2) is 18.2 Å². The van der Waals surface area contributed by atoms with Gasteiger partial charge in [0.15, 0.2) is 0 Å². The Labute approximate surface area is 96.7 Å². The summed E-state index contributed by atoms with van der Waals surface area (Å²) in [5, 5.41) is 13.1. The van der Waals surface area contributed by atoms with Crippen LogP contribution in [0, 0.1) is 5.41 Å². The normalized spacial score (nSPS) is 25.4. The quantitative estimate of drug-likeness (QED) is 0.816. The molecule has 0 radical (unpaired) electrons. The van der Waals surface area contributed by atoms with Gasteiger partial charge in [-0.1, -0.05) is 13.0 Å². The molecule has 0 spiro atoms. The lowest BCUT2D eigenvalue weighted by molar-refractivity contribution is 0.439. The smallest absolute Gasteiger partial charge is 0.115 e. The Kier molecular flexibility index (Phi) is 2.21. The maximum atomic E-state index is 9.43. The van der Waals surface area contributed by atoms with Gasteiger partial charge in [0.25, 0.3) is 0 Å². The number of nitrogens with one attached hydrogen (secondary N) is 1. The lowest BCUT2D eigenvalue weighted by atomic mass is 10.1. The molecule has 16 heavy (non-hydrogen) atoms. The van der Waals surface area contributed by atoms with Crippen molar-refractivity contribution in [3.63, 3.8) is 0 Å². The number of hydrogen-bond donors (Lipinski definition) is 2. The Morgan fingerprint density at radius 2 is 2.25 bits per heavy atom. The van der Waals surface area contributed by atoms with Crippen LogP contribution in [0.3, 0.4) is 0 Å². The summed E-state index contributed by atoms with van der Waals surface area (Å²) in [6.07, 6.45) is 5.01. The zero-order valence-electron chi connectivity index (χ0n) is 9.79. The van der Waals surface area contributed by atoms with Gasteiger partial charge < -0.3 is 10.4 Å². The van der Waals surface area contributed by atoms with Gasteiger partial charge in [0.2, 0.25) is 0 Å². The second-order valence-corrected chi connectivity index (χ2v) is 5.67. The summed E-state index contributed by atoms with van der Waals surface area (Å²) in [5.74, 6) is 0.397. The van der Waals surface area contributed by atoms with E-state index in [2.05, 4.69) is 18.3 Å². The highest BCUT2D eigenvalue weighted by Crippen LogP contribution is 2.45. The molecule has 0 aromatic heterocycles. The monoisotopic (exact) mass is 217 g/mol. The molecule has 1 aromatic rings. The number of benzene rings is 1. The minimum atomic E-state index is 0.397. The van der Waals surface area contributed by atoms with Gasteiger partial charge in [-0.3, -0.25) is 0 Å². The van der Waals surface area contributed by atoms with Crippen molar-refractivity contribution in [2.45, 2.75) is 38.6 Å². The van der Waals surface area contributed by atoms with Gasteiger partial charge in [-0.2, -0.15) is 0 Å². The fourth-order valence-corrected chi connectivity index (χ4v) is 2.58. The van der Waals surface area contributed by atoms with Crippen molar-refractivity contribution in [2.75, 3.05) is 6.54 Å². The van der Waals surface area contributed by atoms with Gasteiger partial charge in [0.1, 0.15) is 5.75 Å². The number of hydrogen-bond acceptors (Lipinski definition) is 2. The van der Waals surface area contributed by atoms with Gasteiger partial charge in [0, 0.05) is 12.6 Å². The molecular weight excluding hydrogens is 198 g/mol. The minimum Gasteiger partial charge on any atom is -0.508 e. The highest BCUT2D eigenvalue weighted by atomic mass is 16.3. The predicted octanol–water partition coefficient (Wildman–Crippen LogP) is 2.77. The zero-order valence-corrected chi connectivity index (χ0v) is 9.79. The lowest BCUT2D eigenvalue weighted by Crippen LogP contribution is -2.25. The highest BCUT2D eigenvalue weighted by Gasteiger charge is 2.37. The van der Waals surface area contributed by atoms with E-state index in [0.717, 1.165) is 13.0 Å². The number of rotatable bonds is 3. The maximum absolute atomic E-state index is 9.43. The summed E-state index contributed by atoms with van der Waals surface area (Å²) in [6, 6.07) is 6.30. The molecule has 86 valence electrons. The first-order valence-corrected chi connectivity index (χ1v) is 6.22. The van der Waals surface area contributed by atoms with Crippen molar-refractivity contribution in [3.8, 4) is 5.75 Å². The molecule has 2 heteroatoms. The Morgan fingerprint density at radius 1 is 1.44 bits per heavy atom. The van der Waals surface area contributed by atoms with Crippen LogP contribution in [-0.4, -0.2) is 11.7 Å². The van der Waals surface area contributed by atoms with Crippen molar-refractivity contribution >= 4 is 0 Å². The van der Waals surface area contributed by atoms with Gasteiger partial charge in [-0.25, -0.2) is 0 Å². The lowest BCUT2D eigenvalue weighted by Gasteiger charge is -2.17. The van der Waals surface area contributed by atoms with E-state index in [1.54, 1.807) is 6.07 Å². The molecule has 0 amide bonds. The average Bonchev–Trinajstić information content (AvgIpc) is 2.87. The van der Waals surface area contributed by atoms with E-state index in [4.69, 9.17) is 0 Å². The van der Waals surface area contributed by atoms with E-state index in [1.807, 2.05) is 6.07 Å². The number of phenols is 1. The number of aryl methyl sites for hydroxylation is 1. The molecule has 0 heterocycles. The molecule has 2 aliphatic rings. The van der Waals surface area contributed by atoms with E-state index in [0.29, 0.717) is 17.2 Å². The van der Waals surface area contributed by atoms with Crippen LogP contribution in [-0.2, 0) is 6.42 Å². The van der Waals surface area contributed by atoms with Crippen LogP contribution >= 0.6 is 0 Å². The number of aromatic hydroxyl groups is 1. The fraction of sp³-hybridized carbons (Fsp3) is 0.571. The van der Waals surface area contributed by atoms with Gasteiger partial charge in [-0.15, -0.1) is 0 Å². The molecule has 1 fully saturated rings. The Hall–Kier alpha value is -1.02. The molecule has 1 unspecified atom stereocenters. The molecule has 1 aromatic carbocycles. The largest absolute Gasteiger partial charge is 0.508 e. The summed E-state index contributed by atoms with van der Waals surface area (Å²) >= 11 is 0. The molecule has 1 saturated carbocycles. The predicted molar refractivity (Wildman–Crippen MR) is 64.5 cm³/mol. The standard InChI is InChI=1S/C14H19NO/c1-14(6-7-14)9-15-13-5-2-10-8-11(16)3-4-12(10)13/h3-4,8,13,15-16H,2,5-7,9H2,1H3. The summed E-state index contributed by atoms with van der Waals surface area (Å²) in [7, 11) is 0.